The van der Waals surface area contributed by atoms with Crippen molar-refractivity contribution in [3.8, 4) is 0 Å². The highest BCUT2D eigenvalue weighted by molar-refractivity contribution is 5.92. The summed E-state index contributed by atoms with van der Waals surface area (Å²) in [6.45, 7) is 9.28. The lowest BCUT2D eigenvalue weighted by Gasteiger charge is -2.16. The van der Waals surface area contributed by atoms with Gasteiger partial charge in [0.15, 0.2) is 0 Å². The number of benzene rings is 1. The van der Waals surface area contributed by atoms with Gasteiger partial charge in [0.25, 0.3) is 0 Å². The lowest BCUT2D eigenvalue weighted by Crippen LogP contribution is -2.21. The molecule has 2 N–H and O–H groups in total. The zero-order valence-electron chi connectivity index (χ0n) is 12.5. The number of amides is 1. The van der Waals surface area contributed by atoms with Crippen molar-refractivity contribution >= 4 is 11.6 Å². The number of nitrogens with one attached hydrogen (secondary N) is 2. The molecule has 2 atom stereocenters. The zero-order valence-corrected chi connectivity index (χ0v) is 12.5. The fourth-order valence-electron chi connectivity index (χ4n) is 1.82. The monoisotopic (exact) mass is 262 g/mol. The highest BCUT2D eigenvalue weighted by Gasteiger charge is 2.11. The zero-order chi connectivity index (χ0) is 14.3. The molecule has 1 rings (SSSR count). The number of anilines is 1. The van der Waals surface area contributed by atoms with Crippen molar-refractivity contribution in [3.63, 3.8) is 0 Å². The highest BCUT2D eigenvalue weighted by Crippen LogP contribution is 2.18. The molecule has 3 nitrogen and oxygen atoms in total. The van der Waals surface area contributed by atoms with Gasteiger partial charge >= 0.3 is 0 Å². The normalized spacial score (nSPS) is 13.9. The third-order valence-corrected chi connectivity index (χ3v) is 3.41. The summed E-state index contributed by atoms with van der Waals surface area (Å²) in [4.78, 5) is 11.9. The molecule has 3 heteroatoms. The quantitative estimate of drug-likeness (QED) is 0.786. The molecule has 1 aromatic carbocycles. The minimum Gasteiger partial charge on any atom is -0.326 e. The van der Waals surface area contributed by atoms with Crippen LogP contribution in [0.3, 0.4) is 0 Å². The van der Waals surface area contributed by atoms with Crippen LogP contribution in [0, 0.1) is 5.92 Å². The van der Waals surface area contributed by atoms with Crippen LogP contribution in [0.5, 0.6) is 0 Å². The summed E-state index contributed by atoms with van der Waals surface area (Å²) < 4.78 is 0. The molecular weight excluding hydrogens is 236 g/mol. The average molecular weight is 262 g/mol. The van der Waals surface area contributed by atoms with E-state index >= 15 is 0 Å². The predicted molar refractivity (Wildman–Crippen MR) is 81.2 cm³/mol. The summed E-state index contributed by atoms with van der Waals surface area (Å²) in [5, 5.41) is 6.43. The van der Waals surface area contributed by atoms with Gasteiger partial charge in [-0.3, -0.25) is 4.79 Å². The first-order valence-corrected chi connectivity index (χ1v) is 7.22. The first-order chi connectivity index (χ1) is 9.08. The summed E-state index contributed by atoms with van der Waals surface area (Å²) in [5.41, 5.74) is 2.09. The molecule has 0 aliphatic heterocycles. The first-order valence-electron chi connectivity index (χ1n) is 7.22. The van der Waals surface area contributed by atoms with E-state index in [1.165, 1.54) is 5.56 Å². The third-order valence-electron chi connectivity index (χ3n) is 3.41. The van der Waals surface area contributed by atoms with Crippen molar-refractivity contribution in [1.82, 2.24) is 5.32 Å². The van der Waals surface area contributed by atoms with E-state index in [1.54, 1.807) is 0 Å². The van der Waals surface area contributed by atoms with Crippen molar-refractivity contribution in [2.75, 3.05) is 11.9 Å². The van der Waals surface area contributed by atoms with Gasteiger partial charge in [-0.15, -0.1) is 0 Å². The van der Waals surface area contributed by atoms with Gasteiger partial charge in [-0.2, -0.15) is 0 Å². The van der Waals surface area contributed by atoms with Crippen molar-refractivity contribution in [3.05, 3.63) is 29.8 Å². The Hall–Kier alpha value is -1.35. The highest BCUT2D eigenvalue weighted by atomic mass is 16.1. The maximum Gasteiger partial charge on any atom is 0.227 e. The van der Waals surface area contributed by atoms with Crippen LogP contribution in [-0.4, -0.2) is 12.5 Å². The Bertz CT molecular complexity index is 403. The van der Waals surface area contributed by atoms with Gasteiger partial charge in [-0.1, -0.05) is 32.9 Å². The molecule has 0 saturated carbocycles. The van der Waals surface area contributed by atoms with Crippen LogP contribution in [0.2, 0.25) is 0 Å². The topological polar surface area (TPSA) is 41.1 Å². The van der Waals surface area contributed by atoms with Crippen LogP contribution in [0.4, 0.5) is 5.69 Å². The van der Waals surface area contributed by atoms with Crippen LogP contribution in [0.1, 0.15) is 52.1 Å². The number of hydrogen-bond donors (Lipinski definition) is 2. The van der Waals surface area contributed by atoms with Crippen LogP contribution in [0.15, 0.2) is 24.3 Å². The van der Waals surface area contributed by atoms with E-state index in [9.17, 15) is 4.79 Å². The minimum absolute atomic E-state index is 0.0549. The molecule has 0 saturated heterocycles. The lowest BCUT2D eigenvalue weighted by molar-refractivity contribution is -0.119. The molecule has 1 aromatic rings. The van der Waals surface area contributed by atoms with E-state index in [1.807, 2.05) is 32.0 Å². The predicted octanol–water partition coefficient (Wildman–Crippen LogP) is 3.73. The Morgan fingerprint density at radius 1 is 1.26 bits per heavy atom. The van der Waals surface area contributed by atoms with E-state index < -0.39 is 0 Å². The van der Waals surface area contributed by atoms with Crippen molar-refractivity contribution in [1.29, 1.82) is 0 Å². The van der Waals surface area contributed by atoms with Crippen LogP contribution < -0.4 is 10.6 Å². The molecule has 0 bridgehead atoms. The molecule has 106 valence electrons. The maximum atomic E-state index is 11.9. The van der Waals surface area contributed by atoms with E-state index in [2.05, 4.69) is 30.5 Å². The number of carbonyl (C=O) groups is 1. The molecular formula is C16H26N2O. The van der Waals surface area contributed by atoms with E-state index in [0.29, 0.717) is 6.04 Å². The van der Waals surface area contributed by atoms with Gasteiger partial charge in [0.2, 0.25) is 5.91 Å². The molecule has 0 fully saturated rings. The van der Waals surface area contributed by atoms with Gasteiger partial charge in [-0.25, -0.2) is 0 Å². The second-order valence-corrected chi connectivity index (χ2v) is 5.10. The molecule has 0 aliphatic carbocycles. The molecule has 0 heterocycles. The maximum absolute atomic E-state index is 11.9. The summed E-state index contributed by atoms with van der Waals surface area (Å²) in [6.07, 6.45) is 1.98. The second kappa shape index (κ2) is 7.95. The van der Waals surface area contributed by atoms with Crippen molar-refractivity contribution < 1.29 is 4.79 Å². The van der Waals surface area contributed by atoms with Crippen molar-refractivity contribution in [2.45, 2.75) is 46.6 Å². The van der Waals surface area contributed by atoms with E-state index in [4.69, 9.17) is 0 Å². The molecule has 0 aliphatic rings. The summed E-state index contributed by atoms with van der Waals surface area (Å²) in [6, 6.07) is 8.38. The summed E-state index contributed by atoms with van der Waals surface area (Å²) in [7, 11) is 0. The Morgan fingerprint density at radius 2 is 2.00 bits per heavy atom. The number of carbonyl (C=O) groups excluding carboxylic acids is 1. The number of hydrogen-bond acceptors (Lipinski definition) is 2. The van der Waals surface area contributed by atoms with Crippen LogP contribution in [-0.2, 0) is 4.79 Å². The molecule has 1 amide bonds. The Kier molecular flexibility index (Phi) is 6.57. The smallest absolute Gasteiger partial charge is 0.227 e. The second-order valence-electron chi connectivity index (χ2n) is 5.10. The SMILES string of the molecule is CCCNC(C)c1cccc(NC(=O)C(C)CC)c1. The molecule has 0 spiro atoms. The fourth-order valence-corrected chi connectivity index (χ4v) is 1.82. The summed E-state index contributed by atoms with van der Waals surface area (Å²) >= 11 is 0. The standard InChI is InChI=1S/C16H26N2O/c1-5-10-17-13(4)14-8-7-9-15(11-14)18-16(19)12(3)6-2/h7-9,11-13,17H,5-6,10H2,1-4H3,(H,18,19). The Morgan fingerprint density at radius 3 is 2.63 bits per heavy atom. The van der Waals surface area contributed by atoms with Crippen LogP contribution >= 0.6 is 0 Å². The van der Waals surface area contributed by atoms with Gasteiger partial charge in [0.05, 0.1) is 0 Å². The van der Waals surface area contributed by atoms with E-state index in [0.717, 1.165) is 25.1 Å². The van der Waals surface area contributed by atoms with E-state index in [-0.39, 0.29) is 11.8 Å². The third kappa shape index (κ3) is 5.03. The Balaban J connectivity index is 2.69. The molecule has 0 radical (unpaired) electrons. The molecule has 2 unspecified atom stereocenters. The van der Waals surface area contributed by atoms with Gasteiger partial charge in [0, 0.05) is 17.6 Å². The lowest BCUT2D eigenvalue weighted by atomic mass is 10.1. The minimum atomic E-state index is 0.0549. The number of rotatable bonds is 7. The Labute approximate surface area is 116 Å². The first kappa shape index (κ1) is 15.7. The fraction of sp³-hybridized carbons (Fsp3) is 0.562. The van der Waals surface area contributed by atoms with Gasteiger partial charge < -0.3 is 10.6 Å². The molecule has 0 aromatic heterocycles. The average Bonchev–Trinajstić information content (AvgIpc) is 2.43. The van der Waals surface area contributed by atoms with Gasteiger partial charge in [-0.05, 0) is 44.0 Å². The molecule has 19 heavy (non-hydrogen) atoms. The van der Waals surface area contributed by atoms with Crippen molar-refractivity contribution in [2.24, 2.45) is 5.92 Å². The van der Waals surface area contributed by atoms with Gasteiger partial charge in [0.1, 0.15) is 0 Å². The largest absolute Gasteiger partial charge is 0.326 e. The summed E-state index contributed by atoms with van der Waals surface area (Å²) in [5.74, 6) is 0.146. The van der Waals surface area contributed by atoms with Crippen LogP contribution in [0.25, 0.3) is 0 Å².